The highest BCUT2D eigenvalue weighted by atomic mass is 35.5. The number of likely N-dealkylation sites (tertiary alicyclic amines) is 1. The lowest BCUT2D eigenvalue weighted by molar-refractivity contribution is 0.176. The maximum atomic E-state index is 12.1. The number of hydrogen-bond donors (Lipinski definition) is 2. The number of halogens is 1. The highest BCUT2D eigenvalue weighted by molar-refractivity contribution is 6.30. The number of anilines is 1. The Hall–Kier alpha value is -2.24. The molecule has 0 saturated carbocycles. The van der Waals surface area contributed by atoms with E-state index >= 15 is 0 Å². The number of hydrogen-bond acceptors (Lipinski definition) is 3. The summed E-state index contributed by atoms with van der Waals surface area (Å²) in [5.41, 5.74) is 2.00. The minimum Gasteiger partial charge on any atom is -0.497 e. The van der Waals surface area contributed by atoms with Crippen molar-refractivity contribution in [1.29, 1.82) is 0 Å². The molecule has 0 aromatic heterocycles. The van der Waals surface area contributed by atoms with Gasteiger partial charge in [-0.25, -0.2) is 4.79 Å². The Balaban J connectivity index is 1.36. The molecule has 0 bridgehead atoms. The zero-order chi connectivity index (χ0) is 19.1. The van der Waals surface area contributed by atoms with E-state index in [1.54, 1.807) is 7.11 Å². The Morgan fingerprint density at radius 3 is 2.59 bits per heavy atom. The van der Waals surface area contributed by atoms with Crippen molar-refractivity contribution in [2.24, 2.45) is 5.92 Å². The van der Waals surface area contributed by atoms with Crippen LogP contribution >= 0.6 is 11.6 Å². The second-order valence-corrected chi connectivity index (χ2v) is 7.35. The van der Waals surface area contributed by atoms with Crippen LogP contribution in [0.4, 0.5) is 10.5 Å². The topological polar surface area (TPSA) is 53.6 Å². The summed E-state index contributed by atoms with van der Waals surface area (Å²) < 4.78 is 5.11. The average Bonchev–Trinajstić information content (AvgIpc) is 2.68. The smallest absolute Gasteiger partial charge is 0.319 e. The molecule has 2 aromatic rings. The van der Waals surface area contributed by atoms with Crippen molar-refractivity contribution >= 4 is 23.3 Å². The van der Waals surface area contributed by atoms with Gasteiger partial charge in [0.1, 0.15) is 5.75 Å². The van der Waals surface area contributed by atoms with E-state index < -0.39 is 0 Å². The summed E-state index contributed by atoms with van der Waals surface area (Å²) in [4.78, 5) is 14.5. The highest BCUT2D eigenvalue weighted by Gasteiger charge is 2.19. The molecule has 1 aliphatic heterocycles. The van der Waals surface area contributed by atoms with Crippen molar-refractivity contribution in [3.63, 3.8) is 0 Å². The van der Waals surface area contributed by atoms with Gasteiger partial charge >= 0.3 is 6.03 Å². The third kappa shape index (κ3) is 6.15. The van der Waals surface area contributed by atoms with Crippen molar-refractivity contribution in [2.75, 3.05) is 32.1 Å². The van der Waals surface area contributed by atoms with E-state index in [4.69, 9.17) is 16.3 Å². The van der Waals surface area contributed by atoms with Crippen molar-refractivity contribution in [3.8, 4) is 5.75 Å². The first kappa shape index (κ1) is 19.5. The molecule has 0 atom stereocenters. The van der Waals surface area contributed by atoms with Crippen molar-refractivity contribution in [2.45, 2.75) is 19.4 Å². The van der Waals surface area contributed by atoms with Crippen molar-refractivity contribution in [3.05, 3.63) is 59.1 Å². The molecule has 0 aliphatic carbocycles. The van der Waals surface area contributed by atoms with Crippen molar-refractivity contribution in [1.82, 2.24) is 10.2 Å². The van der Waals surface area contributed by atoms with Gasteiger partial charge in [-0.3, -0.25) is 4.90 Å². The number of urea groups is 1. The number of piperidine rings is 1. The molecule has 2 aromatic carbocycles. The van der Waals surface area contributed by atoms with Crippen LogP contribution in [0.1, 0.15) is 18.4 Å². The summed E-state index contributed by atoms with van der Waals surface area (Å²) >= 11 is 6.06. The Labute approximate surface area is 165 Å². The summed E-state index contributed by atoms with van der Waals surface area (Å²) in [6.07, 6.45) is 2.17. The second kappa shape index (κ2) is 9.62. The highest BCUT2D eigenvalue weighted by Crippen LogP contribution is 2.20. The van der Waals surface area contributed by atoms with Crippen LogP contribution < -0.4 is 15.4 Å². The predicted molar refractivity (Wildman–Crippen MR) is 109 cm³/mol. The summed E-state index contributed by atoms with van der Waals surface area (Å²) in [6.45, 7) is 3.71. The number of carbonyl (C=O) groups is 1. The van der Waals surface area contributed by atoms with Gasteiger partial charge in [0.2, 0.25) is 0 Å². The fourth-order valence-corrected chi connectivity index (χ4v) is 3.54. The zero-order valence-corrected chi connectivity index (χ0v) is 16.3. The number of nitrogens with one attached hydrogen (secondary N) is 2. The first-order valence-corrected chi connectivity index (χ1v) is 9.66. The maximum Gasteiger partial charge on any atom is 0.319 e. The number of carbonyl (C=O) groups excluding carboxylic acids is 1. The molecule has 2 amide bonds. The fourth-order valence-electron chi connectivity index (χ4n) is 3.33. The fraction of sp³-hybridized carbons (Fsp3) is 0.381. The molecule has 27 heavy (non-hydrogen) atoms. The van der Waals surface area contributed by atoms with Crippen LogP contribution in [-0.4, -0.2) is 37.7 Å². The standard InChI is InChI=1S/C21H26ClN3O2/c1-27-20-7-5-19(6-8-20)24-21(26)23-14-16-9-11-25(12-10-16)15-17-3-2-4-18(22)13-17/h2-8,13,16H,9-12,14-15H2,1H3,(H2,23,24,26). The SMILES string of the molecule is COc1ccc(NC(=O)NCC2CCN(Cc3cccc(Cl)c3)CC2)cc1. The number of rotatable bonds is 6. The average molecular weight is 388 g/mol. The molecule has 144 valence electrons. The minimum absolute atomic E-state index is 0.165. The van der Waals surface area contributed by atoms with Crippen LogP contribution in [0.3, 0.4) is 0 Å². The second-order valence-electron chi connectivity index (χ2n) is 6.91. The molecule has 3 rings (SSSR count). The first-order valence-electron chi connectivity index (χ1n) is 9.28. The van der Waals surface area contributed by atoms with Gasteiger partial charge in [-0.05, 0) is 73.8 Å². The lowest BCUT2D eigenvalue weighted by Crippen LogP contribution is -2.39. The largest absolute Gasteiger partial charge is 0.497 e. The number of methoxy groups -OCH3 is 1. The third-order valence-corrected chi connectivity index (χ3v) is 5.14. The van der Waals surface area contributed by atoms with Crippen LogP contribution in [0.5, 0.6) is 5.75 Å². The summed E-state index contributed by atoms with van der Waals surface area (Å²) in [6, 6.07) is 15.2. The van der Waals surface area contributed by atoms with Gasteiger partial charge in [0, 0.05) is 23.8 Å². The summed E-state index contributed by atoms with van der Waals surface area (Å²) in [7, 11) is 1.62. The first-order chi connectivity index (χ1) is 13.1. The quantitative estimate of drug-likeness (QED) is 0.773. The number of nitrogens with zero attached hydrogens (tertiary/aromatic N) is 1. The van der Waals surface area contributed by atoms with Gasteiger partial charge in [-0.2, -0.15) is 0 Å². The Bertz CT molecular complexity index is 743. The molecule has 1 saturated heterocycles. The molecular weight excluding hydrogens is 362 g/mol. The summed E-state index contributed by atoms with van der Waals surface area (Å²) in [5, 5.41) is 6.62. The molecule has 0 unspecified atom stereocenters. The Morgan fingerprint density at radius 2 is 1.93 bits per heavy atom. The van der Waals surface area contributed by atoms with E-state index in [2.05, 4.69) is 21.6 Å². The predicted octanol–water partition coefficient (Wildman–Crippen LogP) is 4.38. The van der Waals surface area contributed by atoms with Gasteiger partial charge < -0.3 is 15.4 Å². The maximum absolute atomic E-state index is 12.1. The van der Waals surface area contributed by atoms with Gasteiger partial charge in [0.15, 0.2) is 0 Å². The van der Waals surface area contributed by atoms with Gasteiger partial charge in [0.05, 0.1) is 7.11 Å². The number of ether oxygens (including phenoxy) is 1. The third-order valence-electron chi connectivity index (χ3n) is 4.90. The van der Waals surface area contributed by atoms with Gasteiger partial charge in [-0.15, -0.1) is 0 Å². The molecule has 0 radical (unpaired) electrons. The van der Waals surface area contributed by atoms with E-state index in [0.717, 1.165) is 48.9 Å². The number of benzene rings is 2. The summed E-state index contributed by atoms with van der Waals surface area (Å²) in [5.74, 6) is 1.28. The normalized spacial score (nSPS) is 15.3. The van der Waals surface area contributed by atoms with E-state index in [0.29, 0.717) is 12.5 Å². The molecule has 1 aliphatic rings. The van der Waals surface area contributed by atoms with Crippen molar-refractivity contribution < 1.29 is 9.53 Å². The molecule has 6 heteroatoms. The van der Waals surface area contributed by atoms with E-state index in [1.165, 1.54) is 5.56 Å². The lowest BCUT2D eigenvalue weighted by atomic mass is 9.96. The molecule has 1 heterocycles. The Morgan fingerprint density at radius 1 is 1.19 bits per heavy atom. The zero-order valence-electron chi connectivity index (χ0n) is 15.6. The molecule has 0 spiro atoms. The number of amides is 2. The van der Waals surface area contributed by atoms with Crippen LogP contribution in [0.2, 0.25) is 5.02 Å². The van der Waals surface area contributed by atoms with Crippen LogP contribution in [0, 0.1) is 5.92 Å². The van der Waals surface area contributed by atoms with Gasteiger partial charge in [0.25, 0.3) is 0 Å². The molecule has 5 nitrogen and oxygen atoms in total. The van der Waals surface area contributed by atoms with Crippen LogP contribution in [0.15, 0.2) is 48.5 Å². The van der Waals surface area contributed by atoms with E-state index in [9.17, 15) is 4.79 Å². The van der Waals surface area contributed by atoms with Crippen LogP contribution in [0.25, 0.3) is 0 Å². The van der Waals surface area contributed by atoms with E-state index in [1.807, 2.05) is 42.5 Å². The molecule has 1 fully saturated rings. The molecular formula is C21H26ClN3O2. The van der Waals surface area contributed by atoms with Crippen LogP contribution in [-0.2, 0) is 6.54 Å². The Kier molecular flexibility index (Phi) is 6.96. The van der Waals surface area contributed by atoms with Gasteiger partial charge in [-0.1, -0.05) is 23.7 Å². The lowest BCUT2D eigenvalue weighted by Gasteiger charge is -2.32. The minimum atomic E-state index is -0.165. The monoisotopic (exact) mass is 387 g/mol. The molecule has 2 N–H and O–H groups in total. The van der Waals surface area contributed by atoms with E-state index in [-0.39, 0.29) is 6.03 Å².